The van der Waals surface area contributed by atoms with E-state index in [9.17, 15) is 9.59 Å². The summed E-state index contributed by atoms with van der Waals surface area (Å²) in [5, 5.41) is 17.2. The van der Waals surface area contributed by atoms with Gasteiger partial charge in [-0.2, -0.15) is 4.98 Å². The van der Waals surface area contributed by atoms with Crippen LogP contribution in [0.5, 0.6) is 0 Å². The number of nitrogen functional groups attached to an aromatic ring is 1. The largest absolute Gasteiger partial charge is 0.481 e. The van der Waals surface area contributed by atoms with E-state index in [0.717, 1.165) is 0 Å². The van der Waals surface area contributed by atoms with Crippen molar-refractivity contribution in [3.8, 4) is 0 Å². The molecule has 1 atom stereocenters. The summed E-state index contributed by atoms with van der Waals surface area (Å²) in [5.41, 5.74) is 5.24. The number of nitrogens with two attached hydrogens (primary N) is 1. The molecule has 1 aromatic rings. The van der Waals surface area contributed by atoms with Crippen molar-refractivity contribution in [2.24, 2.45) is 11.8 Å². The second kappa shape index (κ2) is 5.28. The number of H-pyrrole nitrogens is 1. The summed E-state index contributed by atoms with van der Waals surface area (Å²) >= 11 is 0. The van der Waals surface area contributed by atoms with Crippen LogP contribution in [0.3, 0.4) is 0 Å². The first kappa shape index (κ1) is 12.9. The van der Waals surface area contributed by atoms with Crippen LogP contribution in [-0.2, 0) is 4.79 Å². The molecule has 0 aliphatic rings. The molecule has 0 saturated carbocycles. The third kappa shape index (κ3) is 3.44. The molecule has 0 spiro atoms. The summed E-state index contributed by atoms with van der Waals surface area (Å²) in [4.78, 5) is 26.0. The second-order valence-corrected chi connectivity index (χ2v) is 3.94. The maximum atomic E-state index is 11.5. The number of carboxylic acid groups (broad SMARTS) is 1. The summed E-state index contributed by atoms with van der Waals surface area (Å²) in [6.45, 7) is 3.58. The molecule has 0 fully saturated rings. The highest BCUT2D eigenvalue weighted by Crippen LogP contribution is 2.09. The Hall–Kier alpha value is -2.12. The van der Waals surface area contributed by atoms with E-state index in [-0.39, 0.29) is 24.2 Å². The van der Waals surface area contributed by atoms with Gasteiger partial charge in [-0.3, -0.25) is 14.7 Å². The van der Waals surface area contributed by atoms with Gasteiger partial charge in [0.25, 0.3) is 5.91 Å². The summed E-state index contributed by atoms with van der Waals surface area (Å²) in [6.07, 6.45) is 0. The Morgan fingerprint density at radius 2 is 2.18 bits per heavy atom. The minimum Gasteiger partial charge on any atom is -0.481 e. The Labute approximate surface area is 97.6 Å². The van der Waals surface area contributed by atoms with Crippen LogP contribution in [0.15, 0.2) is 0 Å². The van der Waals surface area contributed by atoms with Gasteiger partial charge in [0, 0.05) is 6.54 Å². The van der Waals surface area contributed by atoms with Crippen LogP contribution >= 0.6 is 0 Å². The molecule has 1 rings (SSSR count). The molecule has 1 unspecified atom stereocenters. The predicted molar refractivity (Wildman–Crippen MR) is 59.1 cm³/mol. The van der Waals surface area contributed by atoms with Gasteiger partial charge >= 0.3 is 5.97 Å². The predicted octanol–water partition coefficient (Wildman–Crippen LogP) is -0.526. The number of carboxylic acids is 1. The SMILES string of the molecule is CC(C)C(CNC(=O)c1nc(N)n[nH]1)C(=O)O. The molecule has 0 radical (unpaired) electrons. The van der Waals surface area contributed by atoms with Crippen molar-refractivity contribution in [3.05, 3.63) is 5.82 Å². The minimum absolute atomic E-state index is 0.0320. The van der Waals surface area contributed by atoms with Crippen molar-refractivity contribution in [3.63, 3.8) is 0 Å². The zero-order chi connectivity index (χ0) is 13.0. The topological polar surface area (TPSA) is 134 Å². The standard InChI is InChI=1S/C9H15N5O3/c1-4(2)5(8(16)17)3-11-7(15)6-12-9(10)14-13-6/h4-5H,3H2,1-2H3,(H,11,15)(H,16,17)(H3,10,12,13,14). The van der Waals surface area contributed by atoms with Crippen molar-refractivity contribution in [2.45, 2.75) is 13.8 Å². The summed E-state index contributed by atoms with van der Waals surface area (Å²) in [5.74, 6) is -2.26. The van der Waals surface area contributed by atoms with Crippen molar-refractivity contribution in [1.29, 1.82) is 0 Å². The van der Waals surface area contributed by atoms with E-state index in [0.29, 0.717) is 0 Å². The maximum absolute atomic E-state index is 11.5. The highest BCUT2D eigenvalue weighted by Gasteiger charge is 2.22. The number of carbonyl (C=O) groups is 2. The van der Waals surface area contributed by atoms with Crippen molar-refractivity contribution in [2.75, 3.05) is 12.3 Å². The number of anilines is 1. The summed E-state index contributed by atoms with van der Waals surface area (Å²) in [6, 6.07) is 0. The highest BCUT2D eigenvalue weighted by molar-refractivity contribution is 5.90. The number of hydrogen-bond donors (Lipinski definition) is 4. The van der Waals surface area contributed by atoms with Gasteiger partial charge in [0.15, 0.2) is 0 Å². The van der Waals surface area contributed by atoms with Crippen LogP contribution in [-0.4, -0.2) is 38.7 Å². The number of nitrogens with zero attached hydrogens (tertiary/aromatic N) is 2. The number of aromatic amines is 1. The minimum atomic E-state index is -0.947. The Balaban J connectivity index is 2.55. The Bertz CT molecular complexity index is 415. The third-order valence-corrected chi connectivity index (χ3v) is 2.32. The first-order chi connectivity index (χ1) is 7.91. The Kier molecular flexibility index (Phi) is 4.02. The molecule has 8 heteroatoms. The molecule has 5 N–H and O–H groups in total. The molecule has 17 heavy (non-hydrogen) atoms. The molecular weight excluding hydrogens is 226 g/mol. The van der Waals surface area contributed by atoms with E-state index in [1.807, 2.05) is 0 Å². The van der Waals surface area contributed by atoms with Crippen LogP contribution < -0.4 is 11.1 Å². The highest BCUT2D eigenvalue weighted by atomic mass is 16.4. The lowest BCUT2D eigenvalue weighted by Gasteiger charge is -2.15. The number of rotatable bonds is 5. The van der Waals surface area contributed by atoms with Crippen molar-refractivity contribution in [1.82, 2.24) is 20.5 Å². The van der Waals surface area contributed by atoms with Gasteiger partial charge in [0.05, 0.1) is 5.92 Å². The van der Waals surface area contributed by atoms with Crippen LogP contribution in [0, 0.1) is 11.8 Å². The normalized spacial score (nSPS) is 12.4. The van der Waals surface area contributed by atoms with Crippen LogP contribution in [0.2, 0.25) is 0 Å². The molecule has 8 nitrogen and oxygen atoms in total. The van der Waals surface area contributed by atoms with E-state index in [1.54, 1.807) is 13.8 Å². The lowest BCUT2D eigenvalue weighted by Crippen LogP contribution is -2.36. The first-order valence-electron chi connectivity index (χ1n) is 5.10. The zero-order valence-electron chi connectivity index (χ0n) is 9.60. The fourth-order valence-corrected chi connectivity index (χ4v) is 1.27. The fraction of sp³-hybridized carbons (Fsp3) is 0.556. The quantitative estimate of drug-likeness (QED) is 0.547. The van der Waals surface area contributed by atoms with E-state index in [1.165, 1.54) is 0 Å². The summed E-state index contributed by atoms with van der Waals surface area (Å²) in [7, 11) is 0. The van der Waals surface area contributed by atoms with Gasteiger partial charge in [-0.25, -0.2) is 0 Å². The van der Waals surface area contributed by atoms with E-state index in [4.69, 9.17) is 10.8 Å². The van der Waals surface area contributed by atoms with E-state index < -0.39 is 17.8 Å². The molecule has 0 aromatic carbocycles. The van der Waals surface area contributed by atoms with Crippen molar-refractivity contribution >= 4 is 17.8 Å². The maximum Gasteiger partial charge on any atom is 0.308 e. The number of amides is 1. The van der Waals surface area contributed by atoms with Crippen molar-refractivity contribution < 1.29 is 14.7 Å². The molecular formula is C9H15N5O3. The average molecular weight is 241 g/mol. The number of hydrogen-bond acceptors (Lipinski definition) is 5. The molecule has 94 valence electrons. The smallest absolute Gasteiger partial charge is 0.308 e. The number of aromatic nitrogens is 3. The fourth-order valence-electron chi connectivity index (χ4n) is 1.27. The molecule has 0 bridgehead atoms. The lowest BCUT2D eigenvalue weighted by molar-refractivity contribution is -0.142. The lowest BCUT2D eigenvalue weighted by atomic mass is 9.96. The van der Waals surface area contributed by atoms with Gasteiger partial charge < -0.3 is 16.2 Å². The number of nitrogens with one attached hydrogen (secondary N) is 2. The second-order valence-electron chi connectivity index (χ2n) is 3.94. The molecule has 1 aromatic heterocycles. The van der Waals surface area contributed by atoms with Crippen LogP contribution in [0.1, 0.15) is 24.5 Å². The molecule has 0 saturated heterocycles. The van der Waals surface area contributed by atoms with Gasteiger partial charge in [0.2, 0.25) is 11.8 Å². The van der Waals surface area contributed by atoms with Gasteiger partial charge in [-0.1, -0.05) is 13.8 Å². The Morgan fingerprint density at radius 1 is 1.53 bits per heavy atom. The van der Waals surface area contributed by atoms with Crippen LogP contribution in [0.4, 0.5) is 5.95 Å². The van der Waals surface area contributed by atoms with Crippen LogP contribution in [0.25, 0.3) is 0 Å². The van der Waals surface area contributed by atoms with E-state index in [2.05, 4.69) is 20.5 Å². The number of aliphatic carboxylic acids is 1. The molecule has 1 amide bonds. The molecule has 0 aliphatic carbocycles. The van der Waals surface area contributed by atoms with Gasteiger partial charge in [-0.15, -0.1) is 5.10 Å². The number of carbonyl (C=O) groups excluding carboxylic acids is 1. The van der Waals surface area contributed by atoms with E-state index >= 15 is 0 Å². The molecule has 0 aliphatic heterocycles. The Morgan fingerprint density at radius 3 is 2.59 bits per heavy atom. The molecule has 1 heterocycles. The average Bonchev–Trinajstić information content (AvgIpc) is 2.63. The summed E-state index contributed by atoms with van der Waals surface area (Å²) < 4.78 is 0. The first-order valence-corrected chi connectivity index (χ1v) is 5.10. The third-order valence-electron chi connectivity index (χ3n) is 2.32. The van der Waals surface area contributed by atoms with Gasteiger partial charge in [0.1, 0.15) is 0 Å². The monoisotopic (exact) mass is 241 g/mol. The zero-order valence-corrected chi connectivity index (χ0v) is 9.60. The van der Waals surface area contributed by atoms with Gasteiger partial charge in [-0.05, 0) is 5.92 Å².